The number of carbonyl (C=O) groups excluding carboxylic acids is 1. The number of likely N-dealkylation sites (tertiary alicyclic amines) is 1. The van der Waals surface area contributed by atoms with E-state index in [2.05, 4.69) is 10.2 Å². The molecule has 0 unspecified atom stereocenters. The van der Waals surface area contributed by atoms with Crippen molar-refractivity contribution in [1.29, 1.82) is 0 Å². The number of nitrogens with one attached hydrogen (secondary N) is 1. The number of hydrogen-bond donors (Lipinski definition) is 1. The lowest BCUT2D eigenvalue weighted by Gasteiger charge is -2.37. The van der Waals surface area contributed by atoms with E-state index in [1.165, 1.54) is 0 Å². The van der Waals surface area contributed by atoms with Crippen LogP contribution in [0.2, 0.25) is 0 Å². The number of thiocarbonyl (C=S) groups is 1. The van der Waals surface area contributed by atoms with Gasteiger partial charge in [0.05, 0.1) is 0 Å². The molecular weight excluding hydrogens is 298 g/mol. The van der Waals surface area contributed by atoms with Gasteiger partial charge in [-0.25, -0.2) is 4.79 Å². The second-order valence-electron chi connectivity index (χ2n) is 5.42. The Kier molecular flexibility index (Phi) is 6.00. The molecule has 1 amide bonds. The van der Waals surface area contributed by atoms with Gasteiger partial charge in [0.1, 0.15) is 6.61 Å². The smallest absolute Gasteiger partial charge is 0.410 e. The first-order valence-corrected chi connectivity index (χ1v) is 7.93. The molecule has 0 radical (unpaired) electrons. The summed E-state index contributed by atoms with van der Waals surface area (Å²) in [6.07, 6.45) is 1.54. The molecule has 1 aromatic carbocycles. The second-order valence-corrected chi connectivity index (χ2v) is 5.81. The van der Waals surface area contributed by atoms with Crippen LogP contribution in [-0.4, -0.2) is 54.2 Å². The average Bonchev–Trinajstić information content (AvgIpc) is 2.59. The number of piperidine rings is 1. The van der Waals surface area contributed by atoms with E-state index in [1.54, 1.807) is 4.90 Å². The molecule has 1 aliphatic rings. The Balaban J connectivity index is 1.78. The minimum Gasteiger partial charge on any atom is -0.445 e. The van der Waals surface area contributed by atoms with Crippen molar-refractivity contribution in [2.24, 2.45) is 0 Å². The van der Waals surface area contributed by atoms with Crippen LogP contribution in [0.1, 0.15) is 18.4 Å². The summed E-state index contributed by atoms with van der Waals surface area (Å²) in [5, 5.41) is 3.76. The monoisotopic (exact) mass is 321 g/mol. The molecule has 1 saturated heterocycles. The summed E-state index contributed by atoms with van der Waals surface area (Å²) in [4.78, 5) is 16.0. The summed E-state index contributed by atoms with van der Waals surface area (Å²) in [5.41, 5.74) is 0.999. The molecule has 1 fully saturated rings. The van der Waals surface area contributed by atoms with E-state index in [9.17, 15) is 4.79 Å². The lowest BCUT2D eigenvalue weighted by molar-refractivity contribution is 0.0795. The van der Waals surface area contributed by atoms with Gasteiger partial charge in [0.15, 0.2) is 5.11 Å². The molecule has 0 bridgehead atoms. The zero-order chi connectivity index (χ0) is 15.9. The van der Waals surface area contributed by atoms with Crippen molar-refractivity contribution in [3.8, 4) is 0 Å². The van der Waals surface area contributed by atoms with E-state index >= 15 is 0 Å². The summed E-state index contributed by atoms with van der Waals surface area (Å²) < 4.78 is 5.37. The van der Waals surface area contributed by atoms with Crippen LogP contribution >= 0.6 is 12.2 Å². The number of nitrogens with zero attached hydrogens (tertiary/aromatic N) is 2. The predicted octanol–water partition coefficient (Wildman–Crippen LogP) is 2.22. The van der Waals surface area contributed by atoms with Crippen molar-refractivity contribution in [1.82, 2.24) is 15.1 Å². The number of carbonyl (C=O) groups is 1. The van der Waals surface area contributed by atoms with Crippen LogP contribution in [0.3, 0.4) is 0 Å². The molecule has 5 nitrogen and oxygen atoms in total. The Morgan fingerprint density at radius 1 is 1.36 bits per heavy atom. The minimum atomic E-state index is -0.265. The Morgan fingerprint density at radius 3 is 2.59 bits per heavy atom. The molecule has 1 aromatic rings. The standard InChI is InChI=1S/C16H23N3O2S/c1-17-15(22)19-10-8-14(9-11-19)18(2)16(20)21-12-13-6-4-3-5-7-13/h3-7,14H,8-12H2,1-2H3,(H,17,22). The van der Waals surface area contributed by atoms with Crippen molar-refractivity contribution >= 4 is 23.4 Å². The van der Waals surface area contributed by atoms with E-state index in [1.807, 2.05) is 44.4 Å². The number of hydrogen-bond acceptors (Lipinski definition) is 3. The van der Waals surface area contributed by atoms with E-state index < -0.39 is 0 Å². The molecule has 6 heteroatoms. The fraction of sp³-hybridized carbons (Fsp3) is 0.500. The van der Waals surface area contributed by atoms with Gasteiger partial charge in [0, 0.05) is 33.2 Å². The molecular formula is C16H23N3O2S. The van der Waals surface area contributed by atoms with E-state index in [4.69, 9.17) is 17.0 Å². The molecule has 22 heavy (non-hydrogen) atoms. The maximum atomic E-state index is 12.1. The zero-order valence-corrected chi connectivity index (χ0v) is 13.9. The van der Waals surface area contributed by atoms with Gasteiger partial charge in [-0.15, -0.1) is 0 Å². The highest BCUT2D eigenvalue weighted by Gasteiger charge is 2.26. The predicted molar refractivity (Wildman–Crippen MR) is 90.6 cm³/mol. The van der Waals surface area contributed by atoms with Crippen LogP contribution in [0.4, 0.5) is 4.79 Å². The number of benzene rings is 1. The van der Waals surface area contributed by atoms with Gasteiger partial charge in [-0.05, 0) is 30.6 Å². The highest BCUT2D eigenvalue weighted by atomic mass is 32.1. The lowest BCUT2D eigenvalue weighted by Crippen LogP contribution is -2.49. The van der Waals surface area contributed by atoms with Crippen molar-refractivity contribution in [2.45, 2.75) is 25.5 Å². The maximum Gasteiger partial charge on any atom is 0.410 e. The SMILES string of the molecule is CNC(=S)N1CCC(N(C)C(=O)OCc2ccccc2)CC1. The molecule has 0 aromatic heterocycles. The maximum absolute atomic E-state index is 12.1. The van der Waals surface area contributed by atoms with Crippen LogP contribution in [-0.2, 0) is 11.3 Å². The lowest BCUT2D eigenvalue weighted by atomic mass is 10.0. The Labute approximate surface area is 137 Å². The highest BCUT2D eigenvalue weighted by molar-refractivity contribution is 7.80. The van der Waals surface area contributed by atoms with Gasteiger partial charge in [0.2, 0.25) is 0 Å². The van der Waals surface area contributed by atoms with Crippen molar-refractivity contribution < 1.29 is 9.53 Å². The first-order chi connectivity index (χ1) is 10.6. The average molecular weight is 321 g/mol. The highest BCUT2D eigenvalue weighted by Crippen LogP contribution is 2.16. The zero-order valence-electron chi connectivity index (χ0n) is 13.1. The summed E-state index contributed by atoms with van der Waals surface area (Å²) in [7, 11) is 3.64. The third-order valence-corrected chi connectivity index (χ3v) is 4.47. The molecule has 1 N–H and O–H groups in total. The van der Waals surface area contributed by atoms with Gasteiger partial charge in [-0.3, -0.25) is 0 Å². The summed E-state index contributed by atoms with van der Waals surface area (Å²) >= 11 is 5.24. The first kappa shape index (κ1) is 16.5. The quantitative estimate of drug-likeness (QED) is 0.865. The fourth-order valence-electron chi connectivity index (χ4n) is 2.58. The third kappa shape index (κ3) is 4.34. The van der Waals surface area contributed by atoms with Crippen molar-refractivity contribution in [3.63, 3.8) is 0 Å². The summed E-state index contributed by atoms with van der Waals surface area (Å²) in [5.74, 6) is 0. The first-order valence-electron chi connectivity index (χ1n) is 7.52. The molecule has 1 aliphatic heterocycles. The summed E-state index contributed by atoms with van der Waals surface area (Å²) in [6, 6.07) is 9.93. The Hall–Kier alpha value is -1.82. The van der Waals surface area contributed by atoms with Crippen LogP contribution < -0.4 is 5.32 Å². The van der Waals surface area contributed by atoms with Crippen LogP contribution in [0, 0.1) is 0 Å². The van der Waals surface area contributed by atoms with Crippen LogP contribution in [0.15, 0.2) is 30.3 Å². The molecule has 0 atom stereocenters. The molecule has 120 valence electrons. The third-order valence-electron chi connectivity index (χ3n) is 4.01. The molecule has 0 spiro atoms. The Bertz CT molecular complexity index is 501. The van der Waals surface area contributed by atoms with Crippen LogP contribution in [0.5, 0.6) is 0 Å². The fourth-order valence-corrected chi connectivity index (χ4v) is 2.77. The topological polar surface area (TPSA) is 44.8 Å². The molecule has 0 saturated carbocycles. The largest absolute Gasteiger partial charge is 0.445 e. The normalized spacial score (nSPS) is 15.3. The van der Waals surface area contributed by atoms with Gasteiger partial charge >= 0.3 is 6.09 Å². The van der Waals surface area contributed by atoms with Gasteiger partial charge in [-0.2, -0.15) is 0 Å². The number of amides is 1. The number of rotatable bonds is 3. The van der Waals surface area contributed by atoms with Crippen molar-refractivity contribution in [3.05, 3.63) is 35.9 Å². The van der Waals surface area contributed by atoms with Gasteiger partial charge < -0.3 is 19.9 Å². The Morgan fingerprint density at radius 2 is 2.00 bits per heavy atom. The van der Waals surface area contributed by atoms with Crippen LogP contribution in [0.25, 0.3) is 0 Å². The van der Waals surface area contributed by atoms with E-state index in [0.29, 0.717) is 6.61 Å². The van der Waals surface area contributed by atoms with E-state index in [0.717, 1.165) is 36.6 Å². The van der Waals surface area contributed by atoms with Gasteiger partial charge in [0.25, 0.3) is 0 Å². The molecule has 2 rings (SSSR count). The molecule has 0 aliphatic carbocycles. The summed E-state index contributed by atoms with van der Waals surface area (Å²) in [6.45, 7) is 2.04. The van der Waals surface area contributed by atoms with E-state index in [-0.39, 0.29) is 12.1 Å². The van der Waals surface area contributed by atoms with Crippen molar-refractivity contribution in [2.75, 3.05) is 27.2 Å². The molecule has 1 heterocycles. The number of ether oxygens (including phenoxy) is 1. The minimum absolute atomic E-state index is 0.208. The van der Waals surface area contributed by atoms with Gasteiger partial charge in [-0.1, -0.05) is 30.3 Å². The second kappa shape index (κ2) is 7.98.